The largest absolute Gasteiger partial charge is 0.495 e. The van der Waals surface area contributed by atoms with Crippen molar-refractivity contribution in [3.05, 3.63) is 165 Å². The lowest BCUT2D eigenvalue weighted by molar-refractivity contribution is -0.139. The molecule has 4 fully saturated rings. The molecule has 10 rings (SSSR count). The minimum Gasteiger partial charge on any atom is -0.495 e. The number of ether oxygens (including phenoxy) is 4. The summed E-state index contributed by atoms with van der Waals surface area (Å²) in [5.74, 6) is -8.11. The van der Waals surface area contributed by atoms with Crippen molar-refractivity contribution in [1.82, 2.24) is 38.7 Å². The van der Waals surface area contributed by atoms with Gasteiger partial charge in [-0.3, -0.25) is 9.59 Å². The minimum absolute atomic E-state index is 0.0560. The Bertz CT molecular complexity index is 3110. The van der Waals surface area contributed by atoms with E-state index in [9.17, 15) is 45.5 Å². The number of nitrogens with zero attached hydrogens (tertiary/aromatic N) is 8. The molecule has 0 radical (unpaired) electrons. The van der Waals surface area contributed by atoms with Crippen LogP contribution in [0.5, 0.6) is 11.5 Å². The number of rotatable bonds is 8. The lowest BCUT2D eigenvalue weighted by Gasteiger charge is -2.49. The van der Waals surface area contributed by atoms with Gasteiger partial charge in [0.2, 0.25) is 0 Å². The van der Waals surface area contributed by atoms with Crippen molar-refractivity contribution in [2.24, 2.45) is 0 Å². The van der Waals surface area contributed by atoms with Crippen LogP contribution in [0.3, 0.4) is 0 Å². The number of benzene rings is 4. The van der Waals surface area contributed by atoms with Gasteiger partial charge >= 0.3 is 12.2 Å². The van der Waals surface area contributed by atoms with E-state index in [0.717, 1.165) is 58.2 Å². The second-order valence-electron chi connectivity index (χ2n) is 19.2. The standard InChI is InChI=1S/2C28H27F3N4O4/c2*1-16-12-34(15-32-16)23-7-4-17(9-25(23)38-2)8-18-5-6-20-13-33(28(37)39-3)14-24(35(20)27(18)36)19-10-21(29)26(31)22(30)11-19/h2*4,7-12,15,20,24H,5-6,13-14H2,1-3H3/b2*18-8+/t2*20-,24-/m10/s1. The maximum Gasteiger partial charge on any atom is 0.409 e. The molecule has 0 spiro atoms. The molecule has 408 valence electrons. The Morgan fingerprint density at radius 3 is 1.24 bits per heavy atom. The number of carbonyl (C=O) groups is 4. The molecule has 0 N–H and O–H groups in total. The summed E-state index contributed by atoms with van der Waals surface area (Å²) >= 11 is 0. The Balaban J connectivity index is 0.000000190. The smallest absolute Gasteiger partial charge is 0.409 e. The van der Waals surface area contributed by atoms with Crippen molar-refractivity contribution >= 4 is 36.2 Å². The molecular formula is C56H54F6N8O8. The van der Waals surface area contributed by atoms with Crippen LogP contribution in [-0.2, 0) is 19.1 Å². The SMILES string of the molecule is COC(=O)N1C[C@@H]2CC/C(=C\c3ccc(-n4cnc(C)c4)c(OC)c3)C(=O)N2[C@H](c2cc(F)c(F)c(F)c2)C1.COC(=O)N1C[C@H]2CC/C(=C\c3ccc(-n4cnc(C)c4)c(OC)c3)C(=O)N2[C@@H](c2cc(F)c(F)c(F)c2)C1. The molecular weight excluding hydrogens is 1030 g/mol. The molecule has 78 heavy (non-hydrogen) atoms. The van der Waals surface area contributed by atoms with E-state index < -0.39 is 71.3 Å². The molecule has 0 saturated carbocycles. The number of piperazine rings is 2. The molecule has 16 nitrogen and oxygen atoms in total. The highest BCUT2D eigenvalue weighted by molar-refractivity contribution is 6.00. The highest BCUT2D eigenvalue weighted by Crippen LogP contribution is 2.40. The van der Waals surface area contributed by atoms with Gasteiger partial charge < -0.3 is 47.7 Å². The second-order valence-corrected chi connectivity index (χ2v) is 19.2. The molecule has 0 bridgehead atoms. The Hall–Kier alpha value is -8.56. The number of fused-ring (bicyclic) bond motifs is 2. The van der Waals surface area contributed by atoms with Crippen molar-refractivity contribution in [3.8, 4) is 22.9 Å². The average molecular weight is 1080 g/mol. The van der Waals surface area contributed by atoms with E-state index in [1.807, 2.05) is 71.8 Å². The van der Waals surface area contributed by atoms with Crippen molar-refractivity contribution in [3.63, 3.8) is 0 Å². The zero-order valence-corrected chi connectivity index (χ0v) is 43.3. The highest BCUT2D eigenvalue weighted by atomic mass is 19.2. The third kappa shape index (κ3) is 10.9. The summed E-state index contributed by atoms with van der Waals surface area (Å²) in [4.78, 5) is 66.7. The fourth-order valence-electron chi connectivity index (χ4n) is 10.6. The highest BCUT2D eigenvalue weighted by Gasteiger charge is 2.46. The van der Waals surface area contributed by atoms with Crippen LogP contribution in [0.15, 0.2) is 96.9 Å². The Morgan fingerprint density at radius 2 is 0.923 bits per heavy atom. The number of halogens is 6. The van der Waals surface area contributed by atoms with Gasteiger partial charge in [0.15, 0.2) is 34.9 Å². The van der Waals surface area contributed by atoms with E-state index >= 15 is 0 Å². The molecule has 6 heterocycles. The zero-order valence-electron chi connectivity index (χ0n) is 43.3. The molecule has 4 aliphatic heterocycles. The molecule has 6 aromatic rings. The topological polar surface area (TPSA) is 154 Å². The number of aryl methyl sites for hydroxylation is 2. The summed E-state index contributed by atoms with van der Waals surface area (Å²) < 4.78 is 109. The fraction of sp³-hybridized carbons (Fsp3) is 0.321. The number of aromatic nitrogens is 4. The number of amides is 4. The van der Waals surface area contributed by atoms with E-state index in [0.29, 0.717) is 48.3 Å². The van der Waals surface area contributed by atoms with Gasteiger partial charge in [0.25, 0.3) is 11.8 Å². The number of hydrogen-bond donors (Lipinski definition) is 0. The summed E-state index contributed by atoms with van der Waals surface area (Å²) in [7, 11) is 5.59. The van der Waals surface area contributed by atoms with Crippen LogP contribution in [0, 0.1) is 48.8 Å². The summed E-state index contributed by atoms with van der Waals surface area (Å²) in [6.45, 7) is 4.08. The predicted octanol–water partition coefficient (Wildman–Crippen LogP) is 9.61. The van der Waals surface area contributed by atoms with Crippen LogP contribution >= 0.6 is 0 Å². The second kappa shape index (κ2) is 22.6. The van der Waals surface area contributed by atoms with E-state index in [4.69, 9.17) is 18.9 Å². The number of imidazole rings is 2. The maximum atomic E-state index is 14.2. The first-order chi connectivity index (χ1) is 37.4. The number of carbonyl (C=O) groups excluding carboxylic acids is 4. The third-order valence-corrected chi connectivity index (χ3v) is 14.3. The average Bonchev–Trinajstić information content (AvgIpc) is 4.20. The maximum absolute atomic E-state index is 14.2. The van der Waals surface area contributed by atoms with E-state index in [2.05, 4.69) is 9.97 Å². The van der Waals surface area contributed by atoms with Gasteiger partial charge in [-0.2, -0.15) is 0 Å². The molecule has 0 aliphatic carbocycles. The molecule has 0 unspecified atom stereocenters. The van der Waals surface area contributed by atoms with Gasteiger partial charge in [-0.15, -0.1) is 0 Å². The Kier molecular flexibility index (Phi) is 15.7. The van der Waals surface area contributed by atoms with Crippen LogP contribution in [0.4, 0.5) is 35.9 Å². The normalized spacial score (nSPS) is 20.3. The van der Waals surface area contributed by atoms with Gasteiger partial charge in [-0.25, -0.2) is 45.9 Å². The Morgan fingerprint density at radius 1 is 0.551 bits per heavy atom. The molecule has 4 saturated heterocycles. The lowest BCUT2D eigenvalue weighted by Crippen LogP contribution is -2.59. The van der Waals surface area contributed by atoms with Gasteiger partial charge in [-0.05, 0) is 122 Å². The van der Waals surface area contributed by atoms with E-state index in [1.54, 1.807) is 48.8 Å². The first-order valence-corrected chi connectivity index (χ1v) is 24.8. The minimum atomic E-state index is -1.59. The fourth-order valence-corrected chi connectivity index (χ4v) is 10.6. The first kappa shape index (κ1) is 54.2. The zero-order chi connectivity index (χ0) is 55.7. The van der Waals surface area contributed by atoms with Crippen LogP contribution in [0.2, 0.25) is 0 Å². The predicted molar refractivity (Wildman–Crippen MR) is 271 cm³/mol. The van der Waals surface area contributed by atoms with Crippen LogP contribution in [0.1, 0.15) is 71.4 Å². The Labute approximate surface area is 444 Å². The van der Waals surface area contributed by atoms with Crippen molar-refractivity contribution in [2.45, 2.75) is 63.7 Å². The number of piperidine rings is 2. The first-order valence-electron chi connectivity index (χ1n) is 24.8. The van der Waals surface area contributed by atoms with E-state index in [-0.39, 0.29) is 49.1 Å². The number of methoxy groups -OCH3 is 4. The van der Waals surface area contributed by atoms with Gasteiger partial charge in [0.05, 0.1) is 88.0 Å². The number of hydrogen-bond acceptors (Lipinski definition) is 10. The van der Waals surface area contributed by atoms with Gasteiger partial charge in [0.1, 0.15) is 11.5 Å². The van der Waals surface area contributed by atoms with Crippen LogP contribution in [0.25, 0.3) is 23.5 Å². The summed E-state index contributed by atoms with van der Waals surface area (Å²) in [6.07, 6.45) is 11.3. The molecule has 2 aromatic heterocycles. The van der Waals surface area contributed by atoms with Crippen molar-refractivity contribution in [2.75, 3.05) is 54.6 Å². The van der Waals surface area contributed by atoms with Crippen molar-refractivity contribution in [1.29, 1.82) is 0 Å². The third-order valence-electron chi connectivity index (χ3n) is 14.3. The lowest BCUT2D eigenvalue weighted by atomic mass is 9.89. The van der Waals surface area contributed by atoms with Gasteiger partial charge in [-0.1, -0.05) is 12.1 Å². The molecule has 4 aromatic carbocycles. The molecule has 4 amide bonds. The summed E-state index contributed by atoms with van der Waals surface area (Å²) in [5, 5.41) is 0. The molecule has 22 heteroatoms. The van der Waals surface area contributed by atoms with Crippen molar-refractivity contribution < 1.29 is 64.5 Å². The monoisotopic (exact) mass is 1080 g/mol. The molecule has 4 atom stereocenters. The van der Waals surface area contributed by atoms with Gasteiger partial charge in [0, 0.05) is 49.7 Å². The van der Waals surface area contributed by atoms with Crippen LogP contribution < -0.4 is 9.47 Å². The summed E-state index contributed by atoms with van der Waals surface area (Å²) in [6, 6.07) is 11.9. The molecule has 4 aliphatic rings. The van der Waals surface area contributed by atoms with E-state index in [1.165, 1.54) is 24.0 Å². The quantitative estimate of drug-likeness (QED) is 0.0818. The summed E-state index contributed by atoms with van der Waals surface area (Å²) in [5.41, 5.74) is 5.86. The van der Waals surface area contributed by atoms with Crippen LogP contribution in [-0.4, -0.2) is 129 Å².